The summed E-state index contributed by atoms with van der Waals surface area (Å²) in [5.74, 6) is 0. The molecular formula is C19H15N3. The van der Waals surface area contributed by atoms with Gasteiger partial charge in [0.2, 0.25) is 0 Å². The fourth-order valence-corrected chi connectivity index (χ4v) is 2.72. The monoisotopic (exact) mass is 285 g/mol. The summed E-state index contributed by atoms with van der Waals surface area (Å²) in [7, 11) is 0. The molecule has 4 rings (SSSR count). The molecule has 0 fully saturated rings. The summed E-state index contributed by atoms with van der Waals surface area (Å²) in [5.41, 5.74) is 5.54. The van der Waals surface area contributed by atoms with Crippen LogP contribution in [-0.4, -0.2) is 15.2 Å². The van der Waals surface area contributed by atoms with Gasteiger partial charge in [-0.05, 0) is 48.4 Å². The van der Waals surface area contributed by atoms with E-state index in [-0.39, 0.29) is 0 Å². The highest BCUT2D eigenvalue weighted by Gasteiger charge is 2.03. The molecule has 4 aromatic rings. The van der Waals surface area contributed by atoms with Crippen LogP contribution in [0.3, 0.4) is 0 Å². The van der Waals surface area contributed by atoms with Crippen LogP contribution in [0.5, 0.6) is 0 Å². The number of pyridine rings is 1. The maximum atomic E-state index is 4.78. The van der Waals surface area contributed by atoms with Gasteiger partial charge in [0.05, 0.1) is 17.2 Å². The molecule has 0 radical (unpaired) electrons. The van der Waals surface area contributed by atoms with Crippen molar-refractivity contribution in [2.45, 2.75) is 13.3 Å². The Balaban J connectivity index is 1.72. The van der Waals surface area contributed by atoms with Crippen molar-refractivity contribution in [2.75, 3.05) is 0 Å². The second-order valence-electron chi connectivity index (χ2n) is 5.60. The van der Waals surface area contributed by atoms with Gasteiger partial charge in [-0.25, -0.2) is 0 Å². The molecule has 0 aliphatic carbocycles. The predicted molar refractivity (Wildman–Crippen MR) is 88.8 cm³/mol. The molecule has 0 aliphatic rings. The molecule has 0 saturated heterocycles. The smallest absolute Gasteiger partial charge is 0.0929 e. The summed E-state index contributed by atoms with van der Waals surface area (Å²) in [4.78, 5) is 4.78. The topological polar surface area (TPSA) is 38.7 Å². The van der Waals surface area contributed by atoms with Crippen LogP contribution in [0.25, 0.3) is 21.8 Å². The molecule has 0 aliphatic heterocycles. The number of aryl methyl sites for hydroxylation is 1. The third kappa shape index (κ3) is 2.42. The second kappa shape index (κ2) is 5.19. The highest BCUT2D eigenvalue weighted by atomic mass is 15.1. The van der Waals surface area contributed by atoms with E-state index in [1.54, 1.807) is 6.20 Å². The molecule has 2 aromatic carbocycles. The summed E-state index contributed by atoms with van der Waals surface area (Å²) in [6.07, 6.45) is 2.55. The molecule has 0 saturated carbocycles. The molecule has 0 atom stereocenters. The Bertz CT molecular complexity index is 976. The van der Waals surface area contributed by atoms with Crippen LogP contribution in [0, 0.1) is 6.92 Å². The fourth-order valence-electron chi connectivity index (χ4n) is 2.72. The lowest BCUT2D eigenvalue weighted by Gasteiger charge is -2.05. The van der Waals surface area contributed by atoms with E-state index >= 15 is 0 Å². The standard InChI is InChI=1S/C19H15N3/c1-13-2-4-15-5-6-17(21-19(15)10-13)12-14-3-7-18-16(11-14)8-9-20-22-18/h2-11H,12H2,1H3. The van der Waals surface area contributed by atoms with Crippen LogP contribution < -0.4 is 0 Å². The number of fused-ring (bicyclic) bond motifs is 2. The number of rotatable bonds is 2. The first-order valence-corrected chi connectivity index (χ1v) is 7.34. The van der Waals surface area contributed by atoms with Crippen LogP contribution in [0.1, 0.15) is 16.8 Å². The molecule has 3 heteroatoms. The van der Waals surface area contributed by atoms with Gasteiger partial charge in [-0.3, -0.25) is 4.98 Å². The Morgan fingerprint density at radius 2 is 1.73 bits per heavy atom. The van der Waals surface area contributed by atoms with Crippen molar-refractivity contribution in [3.8, 4) is 0 Å². The Morgan fingerprint density at radius 1 is 0.818 bits per heavy atom. The van der Waals surface area contributed by atoms with Crippen molar-refractivity contribution in [1.82, 2.24) is 15.2 Å². The minimum Gasteiger partial charge on any atom is -0.252 e. The van der Waals surface area contributed by atoms with Gasteiger partial charge in [0.25, 0.3) is 0 Å². The van der Waals surface area contributed by atoms with Crippen LogP contribution in [0.4, 0.5) is 0 Å². The van der Waals surface area contributed by atoms with E-state index in [2.05, 4.69) is 59.6 Å². The maximum Gasteiger partial charge on any atom is 0.0929 e. The van der Waals surface area contributed by atoms with Crippen LogP contribution >= 0.6 is 0 Å². The summed E-state index contributed by atoms with van der Waals surface area (Å²) in [6.45, 7) is 2.10. The lowest BCUT2D eigenvalue weighted by atomic mass is 10.1. The highest BCUT2D eigenvalue weighted by molar-refractivity contribution is 5.80. The van der Waals surface area contributed by atoms with Crippen LogP contribution in [0.2, 0.25) is 0 Å². The summed E-state index contributed by atoms with van der Waals surface area (Å²) >= 11 is 0. The van der Waals surface area contributed by atoms with Crippen molar-refractivity contribution in [2.24, 2.45) is 0 Å². The molecule has 22 heavy (non-hydrogen) atoms. The summed E-state index contributed by atoms with van der Waals surface area (Å²) < 4.78 is 0. The van der Waals surface area contributed by atoms with Crippen molar-refractivity contribution in [3.63, 3.8) is 0 Å². The number of nitrogens with zero attached hydrogens (tertiary/aromatic N) is 3. The molecule has 0 spiro atoms. The van der Waals surface area contributed by atoms with E-state index in [9.17, 15) is 0 Å². The van der Waals surface area contributed by atoms with Gasteiger partial charge in [-0.1, -0.05) is 24.3 Å². The molecule has 2 aromatic heterocycles. The molecule has 106 valence electrons. The second-order valence-corrected chi connectivity index (χ2v) is 5.60. The van der Waals surface area contributed by atoms with Gasteiger partial charge in [-0.2, -0.15) is 10.2 Å². The third-order valence-corrected chi connectivity index (χ3v) is 3.87. The average molecular weight is 285 g/mol. The van der Waals surface area contributed by atoms with Crippen molar-refractivity contribution in [3.05, 3.63) is 77.6 Å². The Kier molecular flexibility index (Phi) is 3.04. The van der Waals surface area contributed by atoms with Gasteiger partial charge >= 0.3 is 0 Å². The van der Waals surface area contributed by atoms with E-state index in [0.717, 1.165) is 28.5 Å². The molecule has 0 amide bonds. The SMILES string of the molecule is Cc1ccc2ccc(Cc3ccc4nnccc4c3)nc2c1. The van der Waals surface area contributed by atoms with Crippen LogP contribution in [0.15, 0.2) is 60.8 Å². The molecule has 2 heterocycles. The normalized spacial score (nSPS) is 11.1. The van der Waals surface area contributed by atoms with Gasteiger partial charge < -0.3 is 0 Å². The van der Waals surface area contributed by atoms with Crippen molar-refractivity contribution in [1.29, 1.82) is 0 Å². The predicted octanol–water partition coefficient (Wildman–Crippen LogP) is 4.08. The van der Waals surface area contributed by atoms with E-state index in [1.807, 2.05) is 12.1 Å². The minimum atomic E-state index is 0.822. The fraction of sp³-hybridized carbons (Fsp3) is 0.105. The van der Waals surface area contributed by atoms with Gasteiger partial charge in [0, 0.05) is 22.9 Å². The van der Waals surface area contributed by atoms with E-state index in [0.29, 0.717) is 0 Å². The average Bonchev–Trinajstić information content (AvgIpc) is 2.54. The van der Waals surface area contributed by atoms with E-state index < -0.39 is 0 Å². The van der Waals surface area contributed by atoms with E-state index in [4.69, 9.17) is 4.98 Å². The quantitative estimate of drug-likeness (QED) is 0.557. The first-order chi connectivity index (χ1) is 10.8. The highest BCUT2D eigenvalue weighted by Crippen LogP contribution is 2.18. The van der Waals surface area contributed by atoms with E-state index in [1.165, 1.54) is 16.5 Å². The molecular weight excluding hydrogens is 270 g/mol. The molecule has 0 bridgehead atoms. The van der Waals surface area contributed by atoms with Crippen molar-refractivity contribution >= 4 is 21.8 Å². The molecule has 3 nitrogen and oxygen atoms in total. The zero-order valence-electron chi connectivity index (χ0n) is 12.3. The number of benzene rings is 2. The lowest BCUT2D eigenvalue weighted by molar-refractivity contribution is 1.07. The first-order valence-electron chi connectivity index (χ1n) is 7.34. The summed E-state index contributed by atoms with van der Waals surface area (Å²) in [5, 5.41) is 10.3. The number of hydrogen-bond acceptors (Lipinski definition) is 3. The van der Waals surface area contributed by atoms with Crippen LogP contribution in [-0.2, 0) is 6.42 Å². The minimum absolute atomic E-state index is 0.822. The third-order valence-electron chi connectivity index (χ3n) is 3.87. The van der Waals surface area contributed by atoms with Gasteiger partial charge in [0.15, 0.2) is 0 Å². The Morgan fingerprint density at radius 3 is 2.68 bits per heavy atom. The zero-order chi connectivity index (χ0) is 14.9. The zero-order valence-corrected chi connectivity index (χ0v) is 12.3. The number of aromatic nitrogens is 3. The molecule has 0 N–H and O–H groups in total. The Labute approximate surface area is 128 Å². The van der Waals surface area contributed by atoms with Crippen molar-refractivity contribution < 1.29 is 0 Å². The first kappa shape index (κ1) is 12.9. The van der Waals surface area contributed by atoms with Gasteiger partial charge in [0.1, 0.15) is 0 Å². The number of hydrogen-bond donors (Lipinski definition) is 0. The lowest BCUT2D eigenvalue weighted by Crippen LogP contribution is -1.94. The maximum absolute atomic E-state index is 4.78. The largest absolute Gasteiger partial charge is 0.252 e. The van der Waals surface area contributed by atoms with Gasteiger partial charge in [-0.15, -0.1) is 0 Å². The summed E-state index contributed by atoms with van der Waals surface area (Å²) in [6, 6.07) is 18.9. The molecule has 0 unspecified atom stereocenters. The Hall–Kier alpha value is -2.81.